The molecule has 0 spiro atoms. The summed E-state index contributed by atoms with van der Waals surface area (Å²) in [7, 11) is -2.43. The molecule has 3 aromatic carbocycles. The number of hydrogen-bond donors (Lipinski definition) is 2. The van der Waals surface area contributed by atoms with Gasteiger partial charge in [-0.1, -0.05) is 92.2 Å². The minimum absolute atomic E-state index is 0.157. The fourth-order valence-corrected chi connectivity index (χ4v) is 5.34. The van der Waals surface area contributed by atoms with E-state index in [-0.39, 0.29) is 7.92 Å². The normalized spacial score (nSPS) is 10.4. The van der Waals surface area contributed by atoms with Gasteiger partial charge in [-0.15, -0.1) is 0 Å². The Morgan fingerprint density at radius 3 is 1.56 bits per heavy atom. The SMILES string of the molecule is CCCCP(c1ccccc1)c1ccccc1.OP(O)Oc1ccccc1. The molecule has 142 valence electrons. The summed E-state index contributed by atoms with van der Waals surface area (Å²) in [5, 5.41) is 3.00. The summed E-state index contributed by atoms with van der Waals surface area (Å²) in [6.45, 7) is 2.27. The molecule has 0 aromatic heterocycles. The zero-order valence-corrected chi connectivity index (χ0v) is 17.3. The van der Waals surface area contributed by atoms with Crippen LogP contribution in [-0.4, -0.2) is 15.9 Å². The van der Waals surface area contributed by atoms with Crippen LogP contribution in [0.2, 0.25) is 0 Å². The summed E-state index contributed by atoms with van der Waals surface area (Å²) in [4.78, 5) is 16.8. The van der Waals surface area contributed by atoms with Gasteiger partial charge in [0.2, 0.25) is 0 Å². The number of para-hydroxylation sites is 1. The number of benzene rings is 3. The van der Waals surface area contributed by atoms with Gasteiger partial charge in [-0.25, -0.2) is 0 Å². The molecule has 0 radical (unpaired) electrons. The number of rotatable bonds is 7. The van der Waals surface area contributed by atoms with Crippen molar-refractivity contribution in [3.63, 3.8) is 0 Å². The van der Waals surface area contributed by atoms with Gasteiger partial charge in [-0.2, -0.15) is 0 Å². The van der Waals surface area contributed by atoms with Crippen LogP contribution < -0.4 is 15.1 Å². The van der Waals surface area contributed by atoms with Crippen LogP contribution in [0.15, 0.2) is 91.0 Å². The Labute approximate surface area is 164 Å². The quantitative estimate of drug-likeness (QED) is 0.536. The van der Waals surface area contributed by atoms with Gasteiger partial charge in [0, 0.05) is 0 Å². The first kappa shape index (κ1) is 21.5. The molecule has 0 amide bonds. The molecular formula is C22H26O3P2. The number of unbranched alkanes of at least 4 members (excludes halogenated alkanes) is 1. The molecule has 0 atom stereocenters. The molecule has 0 fully saturated rings. The highest BCUT2D eigenvalue weighted by Crippen LogP contribution is 2.34. The van der Waals surface area contributed by atoms with Crippen LogP contribution in [0, 0.1) is 0 Å². The van der Waals surface area contributed by atoms with Crippen LogP contribution in [0.5, 0.6) is 5.75 Å². The summed E-state index contributed by atoms with van der Waals surface area (Å²) in [5.41, 5.74) is 0. The molecule has 0 bridgehead atoms. The van der Waals surface area contributed by atoms with Crippen molar-refractivity contribution in [2.75, 3.05) is 6.16 Å². The van der Waals surface area contributed by atoms with Crippen LogP contribution in [0.3, 0.4) is 0 Å². The summed E-state index contributed by atoms with van der Waals surface area (Å²) in [6, 6.07) is 30.5. The Bertz CT molecular complexity index is 698. The predicted octanol–water partition coefficient (Wildman–Crippen LogP) is 5.20. The third-order valence-electron chi connectivity index (χ3n) is 3.80. The van der Waals surface area contributed by atoms with Crippen molar-refractivity contribution >= 4 is 27.1 Å². The summed E-state index contributed by atoms with van der Waals surface area (Å²) in [5.74, 6) is 0.471. The van der Waals surface area contributed by atoms with Crippen molar-refractivity contribution in [1.82, 2.24) is 0 Å². The molecule has 0 aliphatic heterocycles. The predicted molar refractivity (Wildman–Crippen MR) is 117 cm³/mol. The highest BCUT2D eigenvalue weighted by atomic mass is 31.2. The topological polar surface area (TPSA) is 49.7 Å². The Hall–Kier alpha value is -1.76. The Kier molecular flexibility index (Phi) is 10.0. The maximum atomic E-state index is 8.40. The van der Waals surface area contributed by atoms with Gasteiger partial charge in [0.05, 0.1) is 0 Å². The second kappa shape index (κ2) is 12.6. The van der Waals surface area contributed by atoms with E-state index in [9.17, 15) is 0 Å². The van der Waals surface area contributed by atoms with E-state index in [0.29, 0.717) is 5.75 Å². The maximum Gasteiger partial charge on any atom is 0.391 e. The lowest BCUT2D eigenvalue weighted by Gasteiger charge is -2.18. The van der Waals surface area contributed by atoms with Crippen LogP contribution >= 0.6 is 16.5 Å². The van der Waals surface area contributed by atoms with E-state index in [4.69, 9.17) is 9.79 Å². The molecule has 0 saturated heterocycles. The minimum atomic E-state index is -2.28. The third-order valence-corrected chi connectivity index (χ3v) is 6.78. The molecule has 5 heteroatoms. The van der Waals surface area contributed by atoms with E-state index in [1.807, 2.05) is 6.07 Å². The Morgan fingerprint density at radius 2 is 1.15 bits per heavy atom. The van der Waals surface area contributed by atoms with Crippen molar-refractivity contribution in [2.24, 2.45) is 0 Å². The Balaban J connectivity index is 0.000000223. The van der Waals surface area contributed by atoms with Crippen molar-refractivity contribution in [2.45, 2.75) is 19.8 Å². The minimum Gasteiger partial charge on any atom is -0.427 e. The lowest BCUT2D eigenvalue weighted by molar-refractivity contribution is 0.375. The van der Waals surface area contributed by atoms with Crippen molar-refractivity contribution in [3.05, 3.63) is 91.0 Å². The van der Waals surface area contributed by atoms with Crippen molar-refractivity contribution < 1.29 is 14.3 Å². The first-order valence-electron chi connectivity index (χ1n) is 8.99. The summed E-state index contributed by atoms with van der Waals surface area (Å²) >= 11 is 0. The van der Waals surface area contributed by atoms with E-state index in [0.717, 1.165) is 0 Å². The second-order valence-corrected chi connectivity index (χ2v) is 8.86. The summed E-state index contributed by atoms with van der Waals surface area (Å²) < 4.78 is 4.59. The fourth-order valence-electron chi connectivity index (χ4n) is 2.52. The molecule has 0 aliphatic carbocycles. The third kappa shape index (κ3) is 8.20. The molecular weight excluding hydrogens is 374 g/mol. The molecule has 3 rings (SSSR count). The molecule has 2 N–H and O–H groups in total. The van der Waals surface area contributed by atoms with Crippen molar-refractivity contribution in [1.29, 1.82) is 0 Å². The fraction of sp³-hybridized carbons (Fsp3) is 0.182. The highest BCUT2D eigenvalue weighted by Gasteiger charge is 2.11. The molecule has 0 saturated carbocycles. The molecule has 27 heavy (non-hydrogen) atoms. The average Bonchev–Trinajstić information content (AvgIpc) is 2.71. The second-order valence-electron chi connectivity index (χ2n) is 5.83. The monoisotopic (exact) mass is 400 g/mol. The summed E-state index contributed by atoms with van der Waals surface area (Å²) in [6.07, 6.45) is 3.90. The largest absolute Gasteiger partial charge is 0.427 e. The van der Waals surface area contributed by atoms with Crippen LogP contribution in [0.1, 0.15) is 19.8 Å². The zero-order valence-electron chi connectivity index (χ0n) is 15.5. The van der Waals surface area contributed by atoms with E-state index < -0.39 is 8.60 Å². The van der Waals surface area contributed by atoms with E-state index >= 15 is 0 Å². The van der Waals surface area contributed by atoms with Gasteiger partial charge < -0.3 is 14.3 Å². The smallest absolute Gasteiger partial charge is 0.391 e. The van der Waals surface area contributed by atoms with Crippen LogP contribution in [0.25, 0.3) is 0 Å². The molecule has 0 heterocycles. The standard InChI is InChI=1S/C16H19P.C6H7O3P/c1-2-3-14-17(15-10-6-4-7-11-15)16-12-8-5-9-13-16;7-10(8)9-6-4-2-1-3-5-6/h4-13H,2-3,14H2,1H3;1-5,7-8H. The van der Waals surface area contributed by atoms with Gasteiger partial charge in [-0.05, 0) is 43.2 Å². The number of hydrogen-bond acceptors (Lipinski definition) is 3. The van der Waals surface area contributed by atoms with Gasteiger partial charge >= 0.3 is 8.60 Å². The molecule has 3 nitrogen and oxygen atoms in total. The van der Waals surface area contributed by atoms with Crippen molar-refractivity contribution in [3.8, 4) is 5.75 Å². The van der Waals surface area contributed by atoms with Crippen LogP contribution in [-0.2, 0) is 0 Å². The first-order chi connectivity index (χ1) is 13.2. The lowest BCUT2D eigenvalue weighted by atomic mass is 10.3. The van der Waals surface area contributed by atoms with Gasteiger partial charge in [-0.3, -0.25) is 0 Å². The highest BCUT2D eigenvalue weighted by molar-refractivity contribution is 7.73. The maximum absolute atomic E-state index is 8.40. The molecule has 3 aromatic rings. The van der Waals surface area contributed by atoms with Crippen LogP contribution in [0.4, 0.5) is 0 Å². The van der Waals surface area contributed by atoms with Gasteiger partial charge in [0.25, 0.3) is 0 Å². The van der Waals surface area contributed by atoms with E-state index in [2.05, 4.69) is 72.1 Å². The molecule has 0 unspecified atom stereocenters. The first-order valence-corrected chi connectivity index (χ1v) is 11.7. The van der Waals surface area contributed by atoms with Gasteiger partial charge in [0.1, 0.15) is 5.75 Å². The van der Waals surface area contributed by atoms with E-state index in [1.54, 1.807) is 24.3 Å². The zero-order chi connectivity index (χ0) is 19.3. The Morgan fingerprint density at radius 1 is 0.704 bits per heavy atom. The average molecular weight is 400 g/mol. The lowest BCUT2D eigenvalue weighted by Crippen LogP contribution is -2.13. The molecule has 0 aliphatic rings. The van der Waals surface area contributed by atoms with E-state index in [1.165, 1.54) is 29.6 Å². The van der Waals surface area contributed by atoms with Gasteiger partial charge in [0.15, 0.2) is 0 Å².